The molecule has 4 aromatic rings. The van der Waals surface area contributed by atoms with Gasteiger partial charge in [0, 0.05) is 6.07 Å². The summed E-state index contributed by atoms with van der Waals surface area (Å²) in [6.07, 6.45) is 3.09. The second-order valence-corrected chi connectivity index (χ2v) is 6.43. The molecule has 0 radical (unpaired) electrons. The van der Waals surface area contributed by atoms with Crippen molar-refractivity contribution in [1.82, 2.24) is 29.9 Å². The first kappa shape index (κ1) is 18.3. The summed E-state index contributed by atoms with van der Waals surface area (Å²) >= 11 is 0. The van der Waals surface area contributed by atoms with Crippen molar-refractivity contribution < 1.29 is 4.79 Å². The molecule has 0 spiro atoms. The van der Waals surface area contributed by atoms with Crippen molar-refractivity contribution in [1.29, 1.82) is 0 Å². The molecule has 0 saturated carbocycles. The summed E-state index contributed by atoms with van der Waals surface area (Å²) in [7, 11) is 0. The SMILES string of the molecule is CC(NC(=O)c1ccc(=O)n(-c2ccccc2)n1)c1ccc(-n2cncn2)cc1. The van der Waals surface area contributed by atoms with Crippen molar-refractivity contribution in [2.45, 2.75) is 13.0 Å². The largest absolute Gasteiger partial charge is 0.344 e. The molecule has 2 aromatic heterocycles. The van der Waals surface area contributed by atoms with Gasteiger partial charge in [0.15, 0.2) is 0 Å². The van der Waals surface area contributed by atoms with Gasteiger partial charge in [0.25, 0.3) is 11.5 Å². The number of hydrogen-bond acceptors (Lipinski definition) is 5. The van der Waals surface area contributed by atoms with E-state index in [9.17, 15) is 9.59 Å². The van der Waals surface area contributed by atoms with Crippen LogP contribution in [0, 0.1) is 0 Å². The quantitative estimate of drug-likeness (QED) is 0.568. The van der Waals surface area contributed by atoms with Gasteiger partial charge < -0.3 is 5.32 Å². The Morgan fingerprint density at radius 1 is 0.966 bits per heavy atom. The van der Waals surface area contributed by atoms with Gasteiger partial charge in [0.05, 0.1) is 17.4 Å². The van der Waals surface area contributed by atoms with E-state index in [1.165, 1.54) is 23.1 Å². The lowest BCUT2D eigenvalue weighted by molar-refractivity contribution is 0.0933. The number of aromatic nitrogens is 5. The monoisotopic (exact) mass is 386 g/mol. The number of benzene rings is 2. The highest BCUT2D eigenvalue weighted by Crippen LogP contribution is 2.15. The molecular weight excluding hydrogens is 368 g/mol. The van der Waals surface area contributed by atoms with Crippen LogP contribution in [0.2, 0.25) is 0 Å². The molecule has 0 bridgehead atoms. The summed E-state index contributed by atoms with van der Waals surface area (Å²) in [4.78, 5) is 28.7. The highest BCUT2D eigenvalue weighted by Gasteiger charge is 2.14. The molecule has 29 heavy (non-hydrogen) atoms. The Hall–Kier alpha value is -4.07. The maximum Gasteiger partial charge on any atom is 0.272 e. The Balaban J connectivity index is 1.51. The number of carbonyl (C=O) groups is 1. The summed E-state index contributed by atoms with van der Waals surface area (Å²) in [6.45, 7) is 1.88. The van der Waals surface area contributed by atoms with Crippen LogP contribution in [-0.2, 0) is 0 Å². The molecule has 1 atom stereocenters. The van der Waals surface area contributed by atoms with Crippen LogP contribution in [0.5, 0.6) is 0 Å². The minimum atomic E-state index is -0.359. The molecule has 8 heteroatoms. The zero-order chi connectivity index (χ0) is 20.2. The van der Waals surface area contributed by atoms with Crippen molar-refractivity contribution in [3.8, 4) is 11.4 Å². The molecule has 2 heterocycles. The smallest absolute Gasteiger partial charge is 0.272 e. The van der Waals surface area contributed by atoms with Gasteiger partial charge in [-0.05, 0) is 42.8 Å². The topological polar surface area (TPSA) is 94.7 Å². The lowest BCUT2D eigenvalue weighted by Crippen LogP contribution is -2.30. The average Bonchev–Trinajstić information content (AvgIpc) is 3.29. The van der Waals surface area contributed by atoms with E-state index in [4.69, 9.17) is 0 Å². The molecule has 0 aliphatic carbocycles. The van der Waals surface area contributed by atoms with E-state index in [0.29, 0.717) is 5.69 Å². The third-order valence-electron chi connectivity index (χ3n) is 4.46. The fourth-order valence-electron chi connectivity index (χ4n) is 2.90. The first-order valence-corrected chi connectivity index (χ1v) is 9.03. The fourth-order valence-corrected chi connectivity index (χ4v) is 2.90. The summed E-state index contributed by atoms with van der Waals surface area (Å²) in [6, 6.07) is 19.1. The third-order valence-corrected chi connectivity index (χ3v) is 4.46. The Labute approximate surface area is 166 Å². The van der Waals surface area contributed by atoms with Crippen LogP contribution in [0.25, 0.3) is 11.4 Å². The lowest BCUT2D eigenvalue weighted by Gasteiger charge is -2.15. The molecule has 2 aromatic carbocycles. The van der Waals surface area contributed by atoms with Crippen LogP contribution >= 0.6 is 0 Å². The van der Waals surface area contributed by atoms with Gasteiger partial charge in [-0.1, -0.05) is 30.3 Å². The summed E-state index contributed by atoms with van der Waals surface area (Å²) in [5, 5.41) is 11.2. The van der Waals surface area contributed by atoms with Gasteiger partial charge in [0.1, 0.15) is 18.3 Å². The number of hydrogen-bond donors (Lipinski definition) is 1. The van der Waals surface area contributed by atoms with Gasteiger partial charge >= 0.3 is 0 Å². The number of nitrogens with one attached hydrogen (secondary N) is 1. The standard InChI is InChI=1S/C21H18N6O2/c1-15(16-7-9-17(10-8-16)26-14-22-13-23-26)24-21(29)19-11-12-20(28)27(25-19)18-5-3-2-4-6-18/h2-15H,1H3,(H,24,29). The van der Waals surface area contributed by atoms with Gasteiger partial charge in [-0.15, -0.1) is 0 Å². The number of nitrogens with zero attached hydrogens (tertiary/aromatic N) is 5. The van der Waals surface area contributed by atoms with E-state index in [1.807, 2.05) is 37.3 Å². The first-order valence-electron chi connectivity index (χ1n) is 9.03. The van der Waals surface area contributed by atoms with Gasteiger partial charge in [-0.3, -0.25) is 9.59 Å². The van der Waals surface area contributed by atoms with Crippen molar-refractivity contribution in [2.75, 3.05) is 0 Å². The zero-order valence-corrected chi connectivity index (χ0v) is 15.6. The van der Waals surface area contributed by atoms with Crippen molar-refractivity contribution >= 4 is 5.91 Å². The van der Waals surface area contributed by atoms with Crippen LogP contribution in [0.4, 0.5) is 0 Å². The van der Waals surface area contributed by atoms with E-state index in [-0.39, 0.29) is 23.2 Å². The van der Waals surface area contributed by atoms with E-state index in [0.717, 1.165) is 11.3 Å². The van der Waals surface area contributed by atoms with Gasteiger partial charge in [0.2, 0.25) is 0 Å². The Morgan fingerprint density at radius 3 is 2.41 bits per heavy atom. The minimum Gasteiger partial charge on any atom is -0.344 e. The minimum absolute atomic E-state index is 0.166. The molecule has 144 valence electrons. The number of rotatable bonds is 5. The van der Waals surface area contributed by atoms with Gasteiger partial charge in [-0.25, -0.2) is 9.67 Å². The maximum absolute atomic E-state index is 12.7. The normalized spacial score (nSPS) is 11.8. The van der Waals surface area contributed by atoms with Crippen LogP contribution < -0.4 is 10.9 Å². The second-order valence-electron chi connectivity index (χ2n) is 6.43. The van der Waals surface area contributed by atoms with E-state index >= 15 is 0 Å². The summed E-state index contributed by atoms with van der Waals surface area (Å²) in [5.41, 5.74) is 2.27. The maximum atomic E-state index is 12.7. The van der Waals surface area contributed by atoms with E-state index in [2.05, 4.69) is 20.5 Å². The first-order chi connectivity index (χ1) is 14.1. The van der Waals surface area contributed by atoms with E-state index < -0.39 is 0 Å². The Kier molecular flexibility index (Phi) is 4.98. The molecule has 1 amide bonds. The fraction of sp³-hybridized carbons (Fsp3) is 0.0952. The summed E-state index contributed by atoms with van der Waals surface area (Å²) in [5.74, 6) is -0.359. The van der Waals surface area contributed by atoms with Gasteiger partial charge in [-0.2, -0.15) is 14.9 Å². The summed E-state index contributed by atoms with van der Waals surface area (Å²) < 4.78 is 2.87. The number of para-hydroxylation sites is 1. The Morgan fingerprint density at radius 2 is 1.72 bits per heavy atom. The molecule has 4 rings (SSSR count). The number of amides is 1. The van der Waals surface area contributed by atoms with Crippen molar-refractivity contribution in [3.63, 3.8) is 0 Å². The van der Waals surface area contributed by atoms with Crippen LogP contribution in [0.3, 0.4) is 0 Å². The highest BCUT2D eigenvalue weighted by molar-refractivity contribution is 5.92. The van der Waals surface area contributed by atoms with Crippen LogP contribution in [0.1, 0.15) is 29.0 Å². The average molecular weight is 386 g/mol. The molecule has 0 fully saturated rings. The second kappa shape index (κ2) is 7.89. The third kappa shape index (κ3) is 3.96. The van der Waals surface area contributed by atoms with Crippen LogP contribution in [-0.4, -0.2) is 30.5 Å². The molecule has 1 unspecified atom stereocenters. The molecule has 1 N–H and O–H groups in total. The highest BCUT2D eigenvalue weighted by atomic mass is 16.2. The molecular formula is C21H18N6O2. The molecule has 0 saturated heterocycles. The zero-order valence-electron chi connectivity index (χ0n) is 15.6. The molecule has 8 nitrogen and oxygen atoms in total. The Bertz CT molecular complexity index is 1170. The molecule has 0 aliphatic heterocycles. The number of carbonyl (C=O) groups excluding carboxylic acids is 1. The van der Waals surface area contributed by atoms with Crippen LogP contribution in [0.15, 0.2) is 84.2 Å². The molecule has 0 aliphatic rings. The van der Waals surface area contributed by atoms with Crippen molar-refractivity contribution in [2.24, 2.45) is 0 Å². The predicted molar refractivity (Wildman–Crippen MR) is 107 cm³/mol. The predicted octanol–water partition coefficient (Wildman–Crippen LogP) is 2.30. The lowest BCUT2D eigenvalue weighted by atomic mass is 10.1. The van der Waals surface area contributed by atoms with Crippen molar-refractivity contribution in [3.05, 3.63) is 101 Å². The van der Waals surface area contributed by atoms with E-state index in [1.54, 1.807) is 35.3 Å².